The Morgan fingerprint density at radius 2 is 2.24 bits per heavy atom. The summed E-state index contributed by atoms with van der Waals surface area (Å²) in [6, 6.07) is 6.60. The Bertz CT molecular complexity index is 477. The van der Waals surface area contributed by atoms with Gasteiger partial charge in [-0.1, -0.05) is 0 Å². The summed E-state index contributed by atoms with van der Waals surface area (Å²) in [4.78, 5) is 11.0. The van der Waals surface area contributed by atoms with Gasteiger partial charge in [0.1, 0.15) is 12.2 Å². The van der Waals surface area contributed by atoms with Crippen LogP contribution >= 0.6 is 0 Å². The van der Waals surface area contributed by atoms with E-state index in [0.29, 0.717) is 5.69 Å². The second-order valence-electron chi connectivity index (χ2n) is 4.23. The second kappa shape index (κ2) is 4.83. The van der Waals surface area contributed by atoms with Crippen LogP contribution in [0.3, 0.4) is 0 Å². The highest BCUT2D eigenvalue weighted by molar-refractivity contribution is 5.94. The molecule has 1 amide bonds. The van der Waals surface area contributed by atoms with E-state index in [9.17, 15) is 9.18 Å². The average molecular weight is 235 g/mol. The van der Waals surface area contributed by atoms with E-state index in [-0.39, 0.29) is 11.1 Å². The number of benzene rings is 1. The van der Waals surface area contributed by atoms with Crippen LogP contribution in [-0.2, 0) is 6.67 Å². The zero-order chi connectivity index (χ0) is 13.1. The lowest BCUT2D eigenvalue weighted by Gasteiger charge is -2.19. The minimum atomic E-state index is -0.777. The quantitative estimate of drug-likeness (QED) is 0.837. The topological polar surface area (TPSA) is 78.9 Å². The summed E-state index contributed by atoms with van der Waals surface area (Å²) in [5.41, 5.74) is 5.31. The molecule has 0 fully saturated rings. The minimum absolute atomic E-state index is 0.160. The lowest BCUT2D eigenvalue weighted by atomic mass is 10.0. The Labute approximate surface area is 99.2 Å². The number of alkyl halides is 1. The Morgan fingerprint density at radius 1 is 1.59 bits per heavy atom. The van der Waals surface area contributed by atoms with Gasteiger partial charge in [0.2, 0.25) is 5.91 Å². The van der Waals surface area contributed by atoms with Crippen LogP contribution < -0.4 is 11.1 Å². The van der Waals surface area contributed by atoms with Gasteiger partial charge in [0.25, 0.3) is 0 Å². The molecular weight excluding hydrogens is 221 g/mol. The fourth-order valence-corrected chi connectivity index (χ4v) is 1.41. The first-order valence-corrected chi connectivity index (χ1v) is 5.08. The summed E-state index contributed by atoms with van der Waals surface area (Å²) < 4.78 is 12.7. The number of anilines is 1. The normalized spacial score (nSPS) is 10.7. The molecule has 0 aliphatic rings. The molecule has 17 heavy (non-hydrogen) atoms. The van der Waals surface area contributed by atoms with Gasteiger partial charge in [0.05, 0.1) is 6.07 Å². The molecule has 1 rings (SSSR count). The molecule has 0 aromatic heterocycles. The van der Waals surface area contributed by atoms with E-state index in [1.165, 1.54) is 12.1 Å². The van der Waals surface area contributed by atoms with Crippen LogP contribution in [0.2, 0.25) is 0 Å². The van der Waals surface area contributed by atoms with Crippen molar-refractivity contribution in [3.63, 3.8) is 0 Å². The Kier molecular flexibility index (Phi) is 3.69. The van der Waals surface area contributed by atoms with Crippen LogP contribution in [-0.4, -0.2) is 11.4 Å². The summed E-state index contributed by atoms with van der Waals surface area (Å²) >= 11 is 0. The highest BCUT2D eigenvalue weighted by Crippen LogP contribution is 2.20. The van der Waals surface area contributed by atoms with Crippen molar-refractivity contribution in [1.29, 1.82) is 5.26 Å². The molecule has 0 atom stereocenters. The summed E-state index contributed by atoms with van der Waals surface area (Å²) in [5.74, 6) is -0.663. The molecule has 4 nitrogen and oxygen atoms in total. The summed E-state index contributed by atoms with van der Waals surface area (Å²) in [6.45, 7) is 2.62. The third-order valence-corrected chi connectivity index (χ3v) is 2.25. The van der Waals surface area contributed by atoms with Crippen LogP contribution in [0.25, 0.3) is 0 Å². The van der Waals surface area contributed by atoms with Gasteiger partial charge in [-0.05, 0) is 37.6 Å². The maximum atomic E-state index is 12.7. The van der Waals surface area contributed by atoms with Gasteiger partial charge >= 0.3 is 0 Å². The van der Waals surface area contributed by atoms with Crippen LogP contribution in [0.15, 0.2) is 18.2 Å². The Hall–Kier alpha value is -2.09. The average Bonchev–Trinajstić information content (AvgIpc) is 2.28. The molecule has 0 unspecified atom stereocenters. The van der Waals surface area contributed by atoms with E-state index in [1.807, 2.05) is 0 Å². The van der Waals surface area contributed by atoms with E-state index < -0.39 is 18.1 Å². The van der Waals surface area contributed by atoms with Crippen molar-refractivity contribution >= 4 is 11.6 Å². The van der Waals surface area contributed by atoms with Gasteiger partial charge < -0.3 is 11.1 Å². The fraction of sp³-hybridized carbons (Fsp3) is 0.333. The van der Waals surface area contributed by atoms with Gasteiger partial charge in [-0.25, -0.2) is 4.39 Å². The number of rotatable bonds is 4. The summed E-state index contributed by atoms with van der Waals surface area (Å²) in [7, 11) is 0. The molecule has 0 aliphatic heterocycles. The second-order valence-corrected chi connectivity index (χ2v) is 4.23. The van der Waals surface area contributed by atoms with Crippen molar-refractivity contribution in [3.05, 3.63) is 29.3 Å². The van der Waals surface area contributed by atoms with Gasteiger partial charge in [0, 0.05) is 11.3 Å². The predicted molar refractivity (Wildman–Crippen MR) is 63.1 cm³/mol. The van der Waals surface area contributed by atoms with Crippen molar-refractivity contribution in [2.24, 2.45) is 5.73 Å². The molecule has 3 N–H and O–H groups in total. The molecule has 5 heteroatoms. The number of hydrogen-bond donors (Lipinski definition) is 2. The van der Waals surface area contributed by atoms with Gasteiger partial charge in [-0.2, -0.15) is 5.26 Å². The van der Waals surface area contributed by atoms with E-state index >= 15 is 0 Å². The molecule has 0 heterocycles. The molecule has 0 saturated heterocycles. The third kappa shape index (κ3) is 3.18. The number of carbonyl (C=O) groups is 1. The van der Waals surface area contributed by atoms with Crippen molar-refractivity contribution in [2.45, 2.75) is 26.1 Å². The molecule has 0 aliphatic carbocycles. The molecule has 0 spiro atoms. The number of nitriles is 1. The van der Waals surface area contributed by atoms with E-state index in [1.54, 1.807) is 19.9 Å². The number of carbonyl (C=O) groups excluding carboxylic acids is 1. The number of nitrogens with two attached hydrogens (primary N) is 1. The fourth-order valence-electron chi connectivity index (χ4n) is 1.41. The first-order chi connectivity index (χ1) is 7.89. The molecule has 0 radical (unpaired) electrons. The zero-order valence-corrected chi connectivity index (χ0v) is 9.75. The molecule has 1 aromatic carbocycles. The lowest BCUT2D eigenvalue weighted by molar-refractivity contribution is 0.0998. The summed E-state index contributed by atoms with van der Waals surface area (Å²) in [5, 5.41) is 11.8. The number of nitrogens with zero attached hydrogens (tertiary/aromatic N) is 1. The van der Waals surface area contributed by atoms with Crippen LogP contribution in [0.5, 0.6) is 0 Å². The van der Waals surface area contributed by atoms with Crippen LogP contribution in [0.1, 0.15) is 29.8 Å². The van der Waals surface area contributed by atoms with Crippen LogP contribution in [0, 0.1) is 11.3 Å². The van der Waals surface area contributed by atoms with Gasteiger partial charge in [0.15, 0.2) is 0 Å². The smallest absolute Gasteiger partial charge is 0.249 e. The van der Waals surface area contributed by atoms with Gasteiger partial charge in [-0.3, -0.25) is 4.79 Å². The molecule has 90 valence electrons. The molecule has 0 saturated carbocycles. The van der Waals surface area contributed by atoms with E-state index in [0.717, 1.165) is 0 Å². The van der Waals surface area contributed by atoms with Crippen molar-refractivity contribution in [2.75, 3.05) is 5.32 Å². The largest absolute Gasteiger partial charge is 0.368 e. The number of halogens is 1. The molecule has 1 aromatic rings. The first-order valence-electron chi connectivity index (χ1n) is 5.08. The minimum Gasteiger partial charge on any atom is -0.368 e. The highest BCUT2D eigenvalue weighted by Gasteiger charge is 2.17. The lowest BCUT2D eigenvalue weighted by Crippen LogP contribution is -2.28. The number of amides is 1. The predicted octanol–water partition coefficient (Wildman–Crippen LogP) is 1.97. The van der Waals surface area contributed by atoms with Gasteiger partial charge in [-0.15, -0.1) is 0 Å². The Balaban J connectivity index is 3.07. The van der Waals surface area contributed by atoms with E-state index in [4.69, 9.17) is 11.0 Å². The molecular formula is C12H14FN3O. The zero-order valence-electron chi connectivity index (χ0n) is 9.75. The number of hydrogen-bond acceptors (Lipinski definition) is 3. The van der Waals surface area contributed by atoms with Crippen molar-refractivity contribution < 1.29 is 9.18 Å². The highest BCUT2D eigenvalue weighted by atomic mass is 19.1. The van der Waals surface area contributed by atoms with E-state index in [2.05, 4.69) is 11.4 Å². The molecule has 0 bridgehead atoms. The third-order valence-electron chi connectivity index (χ3n) is 2.25. The van der Waals surface area contributed by atoms with Crippen molar-refractivity contribution in [3.8, 4) is 6.07 Å². The monoisotopic (exact) mass is 235 g/mol. The first kappa shape index (κ1) is 13.0. The maximum Gasteiger partial charge on any atom is 0.249 e. The number of nitrogens with one attached hydrogen (secondary N) is 1. The maximum absolute atomic E-state index is 12.7. The Morgan fingerprint density at radius 3 is 2.71 bits per heavy atom. The SMILES string of the molecule is CC(C)(C#N)Nc1ccc(C(N)=O)c(CF)c1. The number of primary amides is 1. The van der Waals surface area contributed by atoms with Crippen molar-refractivity contribution in [1.82, 2.24) is 0 Å². The van der Waals surface area contributed by atoms with Crippen LogP contribution in [0.4, 0.5) is 10.1 Å². The standard InChI is InChI=1S/C12H14FN3O/c1-12(2,7-14)16-9-3-4-10(11(15)17)8(5-9)6-13/h3-5,16H,6H2,1-2H3,(H2,15,17). The summed E-state index contributed by atoms with van der Waals surface area (Å²) in [6.07, 6.45) is 0.